The van der Waals surface area contributed by atoms with Crippen LogP contribution in [-0.2, 0) is 37.5 Å². The molecule has 0 unspecified atom stereocenters. The van der Waals surface area contributed by atoms with Gasteiger partial charge in [-0.3, -0.25) is 4.79 Å². The number of aryl methyl sites for hydroxylation is 2. The van der Waals surface area contributed by atoms with E-state index in [9.17, 15) is 21.6 Å². The molecule has 0 radical (unpaired) electrons. The third-order valence-electron chi connectivity index (χ3n) is 5.57. The summed E-state index contributed by atoms with van der Waals surface area (Å²) >= 11 is 0. The number of amides is 1. The minimum atomic E-state index is -3.61. The number of hydrogen-bond donors (Lipinski definition) is 1. The number of carbonyl (C=O) groups is 1. The Kier molecular flexibility index (Phi) is 6.88. The second-order valence-corrected chi connectivity index (χ2v) is 12.1. The van der Waals surface area contributed by atoms with Gasteiger partial charge in [-0.15, -0.1) is 0 Å². The quantitative estimate of drug-likeness (QED) is 0.647. The van der Waals surface area contributed by atoms with E-state index >= 15 is 0 Å². The molecule has 9 heteroatoms. The maximum absolute atomic E-state index is 12.6. The topological polar surface area (TPSA) is 101 Å². The van der Waals surface area contributed by atoms with Gasteiger partial charge in [0, 0.05) is 25.2 Å². The standard InChI is InChI=1S/C22H28N2O5S2/c1-16(2)24(3)31(28,29)20-11-8-19(9-12-20)23-22(25)13-14-30(26,27)21-10-7-17-5-4-6-18(17)15-21/h7-12,15-16H,4-6,13-14H2,1-3H3,(H,23,25). The summed E-state index contributed by atoms with van der Waals surface area (Å²) in [6.07, 6.45) is 2.72. The maximum atomic E-state index is 12.6. The number of sulfonamides is 1. The summed E-state index contributed by atoms with van der Waals surface area (Å²) in [5.41, 5.74) is 2.68. The monoisotopic (exact) mass is 464 g/mol. The largest absolute Gasteiger partial charge is 0.326 e. The molecule has 0 heterocycles. The lowest BCUT2D eigenvalue weighted by Gasteiger charge is -2.21. The molecule has 1 aliphatic rings. The second kappa shape index (κ2) is 9.10. The molecule has 0 saturated heterocycles. The molecule has 0 fully saturated rings. The van der Waals surface area contributed by atoms with Crippen LogP contribution in [0, 0.1) is 0 Å². The molecule has 0 aliphatic heterocycles. The smallest absolute Gasteiger partial charge is 0.243 e. The van der Waals surface area contributed by atoms with Crippen LogP contribution in [0.25, 0.3) is 0 Å². The zero-order valence-electron chi connectivity index (χ0n) is 18.0. The van der Waals surface area contributed by atoms with E-state index in [1.807, 2.05) is 6.07 Å². The van der Waals surface area contributed by atoms with E-state index in [1.54, 1.807) is 26.0 Å². The number of benzene rings is 2. The first-order valence-corrected chi connectivity index (χ1v) is 13.3. The van der Waals surface area contributed by atoms with Gasteiger partial charge in [0.2, 0.25) is 15.9 Å². The summed E-state index contributed by atoms with van der Waals surface area (Å²) in [5.74, 6) is -0.733. The van der Waals surface area contributed by atoms with E-state index in [4.69, 9.17) is 0 Å². The minimum absolute atomic E-state index is 0.126. The van der Waals surface area contributed by atoms with E-state index in [0.717, 1.165) is 24.8 Å². The number of carbonyl (C=O) groups excluding carboxylic acids is 1. The lowest BCUT2D eigenvalue weighted by atomic mass is 10.1. The van der Waals surface area contributed by atoms with Gasteiger partial charge in [0.15, 0.2) is 9.84 Å². The molecule has 7 nitrogen and oxygen atoms in total. The van der Waals surface area contributed by atoms with Crippen molar-refractivity contribution < 1.29 is 21.6 Å². The highest BCUT2D eigenvalue weighted by atomic mass is 32.2. The van der Waals surface area contributed by atoms with Crippen LogP contribution >= 0.6 is 0 Å². The summed E-state index contributed by atoms with van der Waals surface area (Å²) in [7, 11) is -5.65. The first-order chi connectivity index (χ1) is 14.5. The highest BCUT2D eigenvalue weighted by Gasteiger charge is 2.23. The van der Waals surface area contributed by atoms with E-state index in [0.29, 0.717) is 5.69 Å². The zero-order chi connectivity index (χ0) is 22.8. The molecule has 2 aromatic rings. The number of anilines is 1. The molecule has 31 heavy (non-hydrogen) atoms. The minimum Gasteiger partial charge on any atom is -0.326 e. The van der Waals surface area contributed by atoms with E-state index in [1.165, 1.54) is 41.2 Å². The van der Waals surface area contributed by atoms with Crippen molar-refractivity contribution in [2.24, 2.45) is 0 Å². The SMILES string of the molecule is CC(C)N(C)S(=O)(=O)c1ccc(NC(=O)CCS(=O)(=O)c2ccc3c(c2)CCC3)cc1. The number of sulfone groups is 1. The number of rotatable bonds is 8. The molecule has 2 aromatic carbocycles. The van der Waals surface area contributed by atoms with Crippen LogP contribution in [0.3, 0.4) is 0 Å². The van der Waals surface area contributed by atoms with Crippen molar-refractivity contribution in [1.82, 2.24) is 4.31 Å². The summed E-state index contributed by atoms with van der Waals surface area (Å²) < 4.78 is 51.5. The van der Waals surface area contributed by atoms with Crippen LogP contribution in [-0.4, -0.2) is 45.9 Å². The third kappa shape index (κ3) is 5.34. The molecule has 0 spiro atoms. The lowest BCUT2D eigenvalue weighted by Crippen LogP contribution is -2.33. The molecule has 1 N–H and O–H groups in total. The normalized spacial score (nSPS) is 14.1. The first kappa shape index (κ1) is 23.4. The van der Waals surface area contributed by atoms with Crippen LogP contribution in [0.4, 0.5) is 5.69 Å². The van der Waals surface area contributed by atoms with Crippen molar-refractivity contribution in [2.45, 2.75) is 55.4 Å². The van der Waals surface area contributed by atoms with Gasteiger partial charge in [-0.25, -0.2) is 16.8 Å². The second-order valence-electron chi connectivity index (χ2n) is 8.04. The number of hydrogen-bond acceptors (Lipinski definition) is 5. The molecule has 1 amide bonds. The van der Waals surface area contributed by atoms with Crippen LogP contribution in [0.5, 0.6) is 0 Å². The van der Waals surface area contributed by atoms with Gasteiger partial charge in [-0.05, 0) is 80.6 Å². The molecule has 168 valence electrons. The van der Waals surface area contributed by atoms with Gasteiger partial charge in [-0.1, -0.05) is 6.07 Å². The highest BCUT2D eigenvalue weighted by Crippen LogP contribution is 2.25. The number of nitrogens with zero attached hydrogens (tertiary/aromatic N) is 1. The Morgan fingerprint density at radius 2 is 1.58 bits per heavy atom. The molecular formula is C22H28N2O5S2. The molecule has 0 aromatic heterocycles. The zero-order valence-corrected chi connectivity index (χ0v) is 19.6. The van der Waals surface area contributed by atoms with Crippen LogP contribution < -0.4 is 5.32 Å². The van der Waals surface area contributed by atoms with Gasteiger partial charge in [0.05, 0.1) is 15.5 Å². The van der Waals surface area contributed by atoms with Gasteiger partial charge in [0.1, 0.15) is 0 Å². The van der Waals surface area contributed by atoms with Crippen molar-refractivity contribution >= 4 is 31.5 Å². The maximum Gasteiger partial charge on any atom is 0.243 e. The Morgan fingerprint density at radius 1 is 0.968 bits per heavy atom. The Bertz CT molecular complexity index is 1170. The van der Waals surface area contributed by atoms with Gasteiger partial charge >= 0.3 is 0 Å². The van der Waals surface area contributed by atoms with Crippen LogP contribution in [0.2, 0.25) is 0 Å². The van der Waals surface area contributed by atoms with Crippen molar-refractivity contribution in [2.75, 3.05) is 18.1 Å². The average Bonchev–Trinajstić information content (AvgIpc) is 3.20. The van der Waals surface area contributed by atoms with E-state index in [-0.39, 0.29) is 28.0 Å². The lowest BCUT2D eigenvalue weighted by molar-refractivity contribution is -0.115. The highest BCUT2D eigenvalue weighted by molar-refractivity contribution is 7.91. The molecule has 1 aliphatic carbocycles. The Labute approximate surface area is 184 Å². The Balaban J connectivity index is 1.61. The molecule has 0 bridgehead atoms. The Morgan fingerprint density at radius 3 is 2.23 bits per heavy atom. The predicted molar refractivity (Wildman–Crippen MR) is 120 cm³/mol. The van der Waals surface area contributed by atoms with Crippen molar-refractivity contribution in [3.63, 3.8) is 0 Å². The van der Waals surface area contributed by atoms with Crippen LogP contribution in [0.15, 0.2) is 52.3 Å². The van der Waals surface area contributed by atoms with Crippen LogP contribution in [0.1, 0.15) is 37.8 Å². The summed E-state index contributed by atoms with van der Waals surface area (Å²) in [6, 6.07) is 10.9. The van der Waals surface area contributed by atoms with E-state index < -0.39 is 25.8 Å². The molecular weight excluding hydrogens is 436 g/mol. The van der Waals surface area contributed by atoms with Gasteiger partial charge in [-0.2, -0.15) is 4.31 Å². The molecule has 0 saturated carbocycles. The number of nitrogens with one attached hydrogen (secondary N) is 1. The fourth-order valence-electron chi connectivity index (χ4n) is 3.46. The number of fused-ring (bicyclic) bond motifs is 1. The van der Waals surface area contributed by atoms with Crippen molar-refractivity contribution in [3.05, 3.63) is 53.6 Å². The van der Waals surface area contributed by atoms with Gasteiger partial charge in [0.25, 0.3) is 0 Å². The first-order valence-electron chi connectivity index (χ1n) is 10.2. The molecule has 0 atom stereocenters. The third-order valence-corrected chi connectivity index (χ3v) is 9.33. The van der Waals surface area contributed by atoms with Gasteiger partial charge < -0.3 is 5.32 Å². The summed E-state index contributed by atoms with van der Waals surface area (Å²) in [5, 5.41) is 2.63. The summed E-state index contributed by atoms with van der Waals surface area (Å²) in [6.45, 7) is 3.56. The Hall–Kier alpha value is -2.23. The van der Waals surface area contributed by atoms with E-state index in [2.05, 4.69) is 5.32 Å². The van der Waals surface area contributed by atoms with Crippen molar-refractivity contribution in [1.29, 1.82) is 0 Å². The van der Waals surface area contributed by atoms with Crippen molar-refractivity contribution in [3.8, 4) is 0 Å². The fraction of sp³-hybridized carbons (Fsp3) is 0.409. The summed E-state index contributed by atoms with van der Waals surface area (Å²) in [4.78, 5) is 12.6. The fourth-order valence-corrected chi connectivity index (χ4v) is 6.12. The molecule has 3 rings (SSSR count). The predicted octanol–water partition coefficient (Wildman–Crippen LogP) is 3.01. The average molecular weight is 465 g/mol.